The van der Waals surface area contributed by atoms with Crippen LogP contribution >= 0.6 is 0 Å². The van der Waals surface area contributed by atoms with Gasteiger partial charge in [0.15, 0.2) is 0 Å². The van der Waals surface area contributed by atoms with Crippen LogP contribution < -0.4 is 0 Å². The van der Waals surface area contributed by atoms with Crippen molar-refractivity contribution < 1.29 is 4.74 Å². The van der Waals surface area contributed by atoms with E-state index in [2.05, 4.69) is 22.7 Å². The van der Waals surface area contributed by atoms with Crippen LogP contribution in [0.15, 0.2) is 12.5 Å². The van der Waals surface area contributed by atoms with E-state index in [0.29, 0.717) is 5.41 Å². The molecule has 1 saturated carbocycles. The fraction of sp³-hybridized carbons (Fsp3) is 0.769. The lowest BCUT2D eigenvalue weighted by Crippen LogP contribution is -2.31. The Hall–Kier alpha value is -0.830. The quantitative estimate of drug-likeness (QED) is 0.783. The fourth-order valence-corrected chi connectivity index (χ4v) is 2.62. The molecule has 0 amide bonds. The maximum absolute atomic E-state index is 5.45. The highest BCUT2D eigenvalue weighted by Crippen LogP contribution is 2.41. The molecule has 1 aliphatic heterocycles. The van der Waals surface area contributed by atoms with Crippen molar-refractivity contribution in [1.82, 2.24) is 9.55 Å². The Kier molecular flexibility index (Phi) is 2.51. The molecule has 2 aliphatic rings. The van der Waals surface area contributed by atoms with Crippen molar-refractivity contribution in [3.8, 4) is 0 Å². The number of aromatic nitrogens is 2. The lowest BCUT2D eigenvalue weighted by molar-refractivity contribution is 0.0152. The van der Waals surface area contributed by atoms with Crippen molar-refractivity contribution in [2.75, 3.05) is 13.2 Å². The fourth-order valence-electron chi connectivity index (χ4n) is 2.62. The highest BCUT2D eigenvalue weighted by Gasteiger charge is 2.31. The van der Waals surface area contributed by atoms with E-state index in [1.165, 1.54) is 31.4 Å². The summed E-state index contributed by atoms with van der Waals surface area (Å²) in [7, 11) is 0. The number of rotatable bonds is 3. The van der Waals surface area contributed by atoms with Crippen LogP contribution in [0, 0.1) is 5.41 Å². The highest BCUT2D eigenvalue weighted by atomic mass is 16.5. The van der Waals surface area contributed by atoms with Gasteiger partial charge >= 0.3 is 0 Å². The summed E-state index contributed by atoms with van der Waals surface area (Å²) in [6.45, 7) is 5.34. The van der Waals surface area contributed by atoms with Crippen LogP contribution in [0.4, 0.5) is 0 Å². The van der Waals surface area contributed by atoms with Crippen molar-refractivity contribution in [1.29, 1.82) is 0 Å². The molecular weight excluding hydrogens is 200 g/mol. The molecule has 0 atom stereocenters. The first-order valence-electron chi connectivity index (χ1n) is 6.35. The first-order valence-corrected chi connectivity index (χ1v) is 6.35. The first-order chi connectivity index (χ1) is 7.77. The lowest BCUT2D eigenvalue weighted by Gasteiger charge is -2.34. The number of hydrogen-bond donors (Lipinski definition) is 0. The Morgan fingerprint density at radius 1 is 1.44 bits per heavy atom. The van der Waals surface area contributed by atoms with E-state index in [4.69, 9.17) is 4.74 Å². The lowest BCUT2D eigenvalue weighted by atomic mass is 9.82. The summed E-state index contributed by atoms with van der Waals surface area (Å²) in [5, 5.41) is 0. The van der Waals surface area contributed by atoms with E-state index in [-0.39, 0.29) is 0 Å². The number of nitrogens with zero attached hydrogens (tertiary/aromatic N) is 2. The molecule has 1 aliphatic carbocycles. The topological polar surface area (TPSA) is 27.1 Å². The maximum atomic E-state index is 5.45. The van der Waals surface area contributed by atoms with E-state index >= 15 is 0 Å². The van der Waals surface area contributed by atoms with Crippen LogP contribution in [0.25, 0.3) is 0 Å². The minimum Gasteiger partial charge on any atom is -0.381 e. The second kappa shape index (κ2) is 3.88. The average Bonchev–Trinajstić information content (AvgIpc) is 3.01. The predicted octanol–water partition coefficient (Wildman–Crippen LogP) is 2.58. The summed E-state index contributed by atoms with van der Waals surface area (Å²) in [6.07, 6.45) is 9.12. The van der Waals surface area contributed by atoms with Crippen molar-refractivity contribution in [3.05, 3.63) is 18.2 Å². The van der Waals surface area contributed by atoms with Crippen molar-refractivity contribution in [3.63, 3.8) is 0 Å². The highest BCUT2D eigenvalue weighted by molar-refractivity contribution is 5.13. The van der Waals surface area contributed by atoms with Gasteiger partial charge in [-0.25, -0.2) is 4.98 Å². The van der Waals surface area contributed by atoms with Crippen LogP contribution in [-0.2, 0) is 11.3 Å². The molecule has 3 rings (SSSR count). The molecule has 0 N–H and O–H groups in total. The van der Waals surface area contributed by atoms with E-state index < -0.39 is 0 Å². The molecule has 2 fully saturated rings. The van der Waals surface area contributed by atoms with E-state index in [0.717, 1.165) is 25.7 Å². The van der Waals surface area contributed by atoms with Gasteiger partial charge < -0.3 is 9.30 Å². The number of hydrogen-bond acceptors (Lipinski definition) is 2. The Bertz CT molecular complexity index is 362. The zero-order valence-corrected chi connectivity index (χ0v) is 9.98. The Morgan fingerprint density at radius 3 is 2.88 bits per heavy atom. The van der Waals surface area contributed by atoms with Gasteiger partial charge in [0.05, 0.1) is 6.33 Å². The van der Waals surface area contributed by atoms with Gasteiger partial charge in [-0.2, -0.15) is 0 Å². The molecule has 0 aromatic carbocycles. The van der Waals surface area contributed by atoms with Gasteiger partial charge in [0.25, 0.3) is 0 Å². The van der Waals surface area contributed by atoms with Gasteiger partial charge in [-0.15, -0.1) is 0 Å². The van der Waals surface area contributed by atoms with Gasteiger partial charge in [0.1, 0.15) is 0 Å². The molecule has 1 aromatic heterocycles. The van der Waals surface area contributed by atoms with Gasteiger partial charge in [-0.05, 0) is 31.1 Å². The van der Waals surface area contributed by atoms with Crippen molar-refractivity contribution in [2.24, 2.45) is 5.41 Å². The Balaban J connectivity index is 1.74. The summed E-state index contributed by atoms with van der Waals surface area (Å²) in [5.41, 5.74) is 1.86. The van der Waals surface area contributed by atoms with E-state index in [1.807, 2.05) is 6.33 Å². The minimum atomic E-state index is 0.405. The van der Waals surface area contributed by atoms with Gasteiger partial charge in [0, 0.05) is 37.6 Å². The predicted molar refractivity (Wildman–Crippen MR) is 62.4 cm³/mol. The third-order valence-corrected chi connectivity index (χ3v) is 3.99. The van der Waals surface area contributed by atoms with Crippen molar-refractivity contribution in [2.45, 2.75) is 45.1 Å². The smallest absolute Gasteiger partial charge is 0.0948 e. The van der Waals surface area contributed by atoms with Gasteiger partial charge in [-0.3, -0.25) is 0 Å². The summed E-state index contributed by atoms with van der Waals surface area (Å²) in [6, 6.07) is 0. The number of imidazole rings is 1. The second-order valence-corrected chi connectivity index (χ2v) is 5.64. The largest absolute Gasteiger partial charge is 0.381 e. The monoisotopic (exact) mass is 220 g/mol. The van der Waals surface area contributed by atoms with Gasteiger partial charge in [0.2, 0.25) is 0 Å². The third-order valence-electron chi connectivity index (χ3n) is 3.99. The molecule has 3 nitrogen and oxygen atoms in total. The Morgan fingerprint density at radius 2 is 2.19 bits per heavy atom. The zero-order valence-electron chi connectivity index (χ0n) is 9.98. The summed E-state index contributed by atoms with van der Waals surface area (Å²) in [5.74, 6) is 0.797. The van der Waals surface area contributed by atoms with E-state index in [9.17, 15) is 0 Å². The van der Waals surface area contributed by atoms with Crippen LogP contribution in [0.2, 0.25) is 0 Å². The molecule has 2 heterocycles. The van der Waals surface area contributed by atoms with Crippen LogP contribution in [-0.4, -0.2) is 22.8 Å². The molecule has 0 unspecified atom stereocenters. The first kappa shape index (κ1) is 10.3. The molecule has 88 valence electrons. The average molecular weight is 220 g/mol. The van der Waals surface area contributed by atoms with Gasteiger partial charge in [-0.1, -0.05) is 6.92 Å². The van der Waals surface area contributed by atoms with Crippen LogP contribution in [0.3, 0.4) is 0 Å². The standard InChI is InChI=1S/C13H20N2O/c1-13(4-6-16-7-5-13)9-15-10-14-8-12(15)11-2-3-11/h8,10-11H,2-7,9H2,1H3. The van der Waals surface area contributed by atoms with Crippen LogP contribution in [0.5, 0.6) is 0 Å². The summed E-state index contributed by atoms with van der Waals surface area (Å²) < 4.78 is 7.83. The molecule has 1 aromatic rings. The SMILES string of the molecule is CC1(Cn2cncc2C2CC2)CCOCC1. The molecule has 0 bridgehead atoms. The summed E-state index contributed by atoms with van der Waals surface area (Å²) >= 11 is 0. The molecular formula is C13H20N2O. The second-order valence-electron chi connectivity index (χ2n) is 5.64. The summed E-state index contributed by atoms with van der Waals surface area (Å²) in [4.78, 5) is 4.31. The third kappa shape index (κ3) is 2.01. The zero-order chi connectivity index (χ0) is 11.0. The molecule has 16 heavy (non-hydrogen) atoms. The minimum absolute atomic E-state index is 0.405. The normalized spacial score (nSPS) is 24.6. The Labute approximate surface area is 96.8 Å². The molecule has 0 spiro atoms. The maximum Gasteiger partial charge on any atom is 0.0948 e. The van der Waals surface area contributed by atoms with E-state index in [1.54, 1.807) is 0 Å². The molecule has 1 saturated heterocycles. The number of ether oxygens (including phenoxy) is 1. The van der Waals surface area contributed by atoms with Crippen LogP contribution in [0.1, 0.15) is 44.2 Å². The van der Waals surface area contributed by atoms with Crippen molar-refractivity contribution >= 4 is 0 Å². The molecule has 0 radical (unpaired) electrons. The molecule has 3 heteroatoms.